The van der Waals surface area contributed by atoms with E-state index in [2.05, 4.69) is 26.9 Å². The molecule has 2 aromatic carbocycles. The Balaban J connectivity index is 1.39. The van der Waals surface area contributed by atoms with Crippen LogP contribution in [0.1, 0.15) is 81.6 Å². The minimum absolute atomic E-state index is 0.0247. The van der Waals surface area contributed by atoms with Gasteiger partial charge < -0.3 is 10.0 Å². The van der Waals surface area contributed by atoms with Crippen molar-refractivity contribution in [3.05, 3.63) is 53.5 Å². The fourth-order valence-electron chi connectivity index (χ4n) is 6.99. The van der Waals surface area contributed by atoms with Crippen molar-refractivity contribution in [2.24, 2.45) is 7.05 Å². The van der Waals surface area contributed by atoms with Crippen LogP contribution in [0.4, 0.5) is 4.39 Å². The number of hydrogen-bond acceptors (Lipinski definition) is 6. The highest BCUT2D eigenvalue weighted by Gasteiger charge is 2.38. The number of benzene rings is 2. The van der Waals surface area contributed by atoms with Gasteiger partial charge in [0.2, 0.25) is 10.0 Å². The number of nitrogens with one attached hydrogen (secondary N) is 1. The molecule has 2 aliphatic rings. The zero-order valence-corrected chi connectivity index (χ0v) is 27.3. The number of halogens is 1. The second-order valence-electron chi connectivity index (χ2n) is 12.9. The van der Waals surface area contributed by atoms with Crippen LogP contribution < -0.4 is 4.72 Å². The summed E-state index contributed by atoms with van der Waals surface area (Å²) in [5, 5.41) is 16.8. The van der Waals surface area contributed by atoms with Crippen LogP contribution in [0, 0.1) is 5.82 Å². The average Bonchev–Trinajstić information content (AvgIpc) is 3.60. The van der Waals surface area contributed by atoms with Gasteiger partial charge in [-0.1, -0.05) is 6.07 Å². The van der Waals surface area contributed by atoms with E-state index in [0.717, 1.165) is 41.5 Å². The molecule has 3 aromatic rings. The van der Waals surface area contributed by atoms with Gasteiger partial charge in [-0.3, -0.25) is 14.4 Å². The monoisotopic (exact) mass is 627 g/mol. The van der Waals surface area contributed by atoms with Gasteiger partial charge in [-0.2, -0.15) is 5.10 Å². The van der Waals surface area contributed by atoms with Crippen molar-refractivity contribution in [3.8, 4) is 11.1 Å². The maximum Gasteiger partial charge on any atom is 0.254 e. The van der Waals surface area contributed by atoms with Crippen LogP contribution in [0.2, 0.25) is 0 Å². The highest BCUT2D eigenvalue weighted by Crippen LogP contribution is 2.39. The van der Waals surface area contributed by atoms with Gasteiger partial charge >= 0.3 is 0 Å². The molecule has 1 aliphatic heterocycles. The van der Waals surface area contributed by atoms with Gasteiger partial charge in [0, 0.05) is 44.2 Å². The number of likely N-dealkylation sites (tertiary alicyclic amines) is 1. The Bertz CT molecular complexity index is 1610. The lowest BCUT2D eigenvalue weighted by Crippen LogP contribution is -2.49. The van der Waals surface area contributed by atoms with Crippen molar-refractivity contribution in [1.29, 1.82) is 0 Å². The van der Waals surface area contributed by atoms with Crippen molar-refractivity contribution >= 4 is 26.8 Å². The molecule has 44 heavy (non-hydrogen) atoms. The SMILES string of the molecule is CCN(C(=O)c1cc(F)ccc1-c1cc(C2CCN(CC3(O)CCC(NS(=O)(=O)CC)CC3)C2)cc2c1cnn2C)C(C)C. The van der Waals surface area contributed by atoms with Crippen LogP contribution in [0.25, 0.3) is 22.0 Å². The molecule has 2 fully saturated rings. The summed E-state index contributed by atoms with van der Waals surface area (Å²) in [6, 6.07) is 8.61. The number of hydrogen-bond donors (Lipinski definition) is 2. The maximum absolute atomic E-state index is 14.6. The third kappa shape index (κ3) is 6.85. The normalized spacial score (nSPS) is 23.1. The molecule has 240 valence electrons. The van der Waals surface area contributed by atoms with Crippen molar-refractivity contribution < 1.29 is 22.7 Å². The van der Waals surface area contributed by atoms with Gasteiger partial charge in [-0.15, -0.1) is 0 Å². The van der Waals surface area contributed by atoms with Crippen LogP contribution in [0.5, 0.6) is 0 Å². The van der Waals surface area contributed by atoms with Gasteiger partial charge in [0.15, 0.2) is 0 Å². The zero-order valence-electron chi connectivity index (χ0n) is 26.5. The summed E-state index contributed by atoms with van der Waals surface area (Å²) < 4.78 is 43.2. The number of aromatic nitrogens is 2. The Morgan fingerprint density at radius 1 is 1.16 bits per heavy atom. The number of β-amino-alcohol motifs (C(OH)–C–C–N with tert-alkyl or cyclic N) is 1. The van der Waals surface area contributed by atoms with E-state index < -0.39 is 21.4 Å². The molecule has 1 atom stereocenters. The standard InChI is InChI=1S/C33H46FN5O4S/c1-6-39(22(3)4)32(40)29-18-25(34)8-9-27(29)28-16-24(17-31-30(28)19-35-37(31)5)23-12-15-38(20-23)21-33(41)13-10-26(11-14-33)36-44(42,43)7-2/h8-9,16-19,22-23,26,36,41H,6-7,10-15,20-21H2,1-5H3. The Morgan fingerprint density at radius 2 is 1.89 bits per heavy atom. The molecular weight excluding hydrogens is 581 g/mol. The predicted octanol–water partition coefficient (Wildman–Crippen LogP) is 4.65. The minimum Gasteiger partial charge on any atom is -0.389 e. The fraction of sp³-hybridized carbons (Fsp3) is 0.576. The second-order valence-corrected chi connectivity index (χ2v) is 14.9. The number of fused-ring (bicyclic) bond motifs is 1. The molecule has 1 aliphatic carbocycles. The third-order valence-electron chi connectivity index (χ3n) is 9.52. The largest absolute Gasteiger partial charge is 0.389 e. The topological polar surface area (TPSA) is 108 Å². The summed E-state index contributed by atoms with van der Waals surface area (Å²) in [5.41, 5.74) is 3.12. The van der Waals surface area contributed by atoms with Crippen molar-refractivity contribution in [3.63, 3.8) is 0 Å². The van der Waals surface area contributed by atoms with Crippen LogP contribution in [-0.2, 0) is 17.1 Å². The first-order chi connectivity index (χ1) is 20.8. The Hall–Kier alpha value is -2.86. The number of aliphatic hydroxyl groups is 1. The number of nitrogens with zero attached hydrogens (tertiary/aromatic N) is 4. The molecule has 0 spiro atoms. The number of carbonyl (C=O) groups excluding carboxylic acids is 1. The summed E-state index contributed by atoms with van der Waals surface area (Å²) in [4.78, 5) is 17.7. The molecule has 2 N–H and O–H groups in total. The van der Waals surface area contributed by atoms with Gasteiger partial charge in [0.1, 0.15) is 5.82 Å². The third-order valence-corrected chi connectivity index (χ3v) is 11.0. The average molecular weight is 628 g/mol. The Labute approximate surface area is 260 Å². The molecule has 0 radical (unpaired) electrons. The molecule has 5 rings (SSSR count). The Kier molecular flexibility index (Phi) is 9.51. The molecule has 11 heteroatoms. The van der Waals surface area contributed by atoms with Gasteiger partial charge in [0.25, 0.3) is 5.91 Å². The van der Waals surface area contributed by atoms with E-state index in [1.165, 1.54) is 12.1 Å². The quantitative estimate of drug-likeness (QED) is 0.339. The summed E-state index contributed by atoms with van der Waals surface area (Å²) in [6.07, 6.45) is 5.09. The van der Waals surface area contributed by atoms with E-state index in [1.807, 2.05) is 32.5 Å². The molecule has 1 saturated carbocycles. The van der Waals surface area contributed by atoms with E-state index in [9.17, 15) is 22.7 Å². The first-order valence-corrected chi connectivity index (χ1v) is 17.5. The molecule has 1 unspecified atom stereocenters. The lowest BCUT2D eigenvalue weighted by Gasteiger charge is -2.38. The van der Waals surface area contributed by atoms with Crippen LogP contribution >= 0.6 is 0 Å². The molecule has 1 amide bonds. The number of amides is 1. The lowest BCUT2D eigenvalue weighted by molar-refractivity contribution is -0.0262. The number of carbonyl (C=O) groups is 1. The number of sulfonamides is 1. The lowest BCUT2D eigenvalue weighted by atomic mass is 9.82. The van der Waals surface area contributed by atoms with E-state index >= 15 is 0 Å². The van der Waals surface area contributed by atoms with Crippen molar-refractivity contribution in [2.45, 2.75) is 83.4 Å². The van der Waals surface area contributed by atoms with E-state index in [1.54, 1.807) is 24.1 Å². The fourth-order valence-corrected chi connectivity index (χ4v) is 7.90. The highest BCUT2D eigenvalue weighted by molar-refractivity contribution is 7.89. The molecular formula is C33H46FN5O4S. The zero-order chi connectivity index (χ0) is 31.8. The molecule has 0 bridgehead atoms. The smallest absolute Gasteiger partial charge is 0.254 e. The number of aryl methyl sites for hydroxylation is 1. The second kappa shape index (κ2) is 12.9. The van der Waals surface area contributed by atoms with Gasteiger partial charge in [0.05, 0.1) is 28.6 Å². The van der Waals surface area contributed by atoms with E-state index in [4.69, 9.17) is 0 Å². The molecule has 9 nitrogen and oxygen atoms in total. The summed E-state index contributed by atoms with van der Waals surface area (Å²) in [6.45, 7) is 10.2. The highest BCUT2D eigenvalue weighted by atomic mass is 32.2. The van der Waals surface area contributed by atoms with Gasteiger partial charge in [-0.25, -0.2) is 17.5 Å². The van der Waals surface area contributed by atoms with Gasteiger partial charge in [-0.05, 0) is 113 Å². The molecule has 1 saturated heterocycles. The summed E-state index contributed by atoms with van der Waals surface area (Å²) in [5.74, 6) is -0.372. The van der Waals surface area contributed by atoms with E-state index in [0.29, 0.717) is 49.9 Å². The molecule has 2 heterocycles. The maximum atomic E-state index is 14.6. The van der Waals surface area contributed by atoms with Crippen molar-refractivity contribution in [1.82, 2.24) is 24.3 Å². The minimum atomic E-state index is -3.26. The summed E-state index contributed by atoms with van der Waals surface area (Å²) in [7, 11) is -1.36. The molecule has 1 aromatic heterocycles. The van der Waals surface area contributed by atoms with Crippen LogP contribution in [0.3, 0.4) is 0 Å². The number of rotatable bonds is 10. The summed E-state index contributed by atoms with van der Waals surface area (Å²) >= 11 is 0. The van der Waals surface area contributed by atoms with E-state index in [-0.39, 0.29) is 29.7 Å². The van der Waals surface area contributed by atoms with Crippen LogP contribution in [0.15, 0.2) is 36.5 Å². The van der Waals surface area contributed by atoms with Crippen LogP contribution in [-0.4, -0.2) is 88.6 Å². The predicted molar refractivity (Wildman–Crippen MR) is 172 cm³/mol. The Morgan fingerprint density at radius 3 is 2.55 bits per heavy atom. The first kappa shape index (κ1) is 32.5. The van der Waals surface area contributed by atoms with Crippen molar-refractivity contribution in [2.75, 3.05) is 31.9 Å². The first-order valence-electron chi connectivity index (χ1n) is 15.8.